The number of aliphatic hydroxyl groups is 1. The highest BCUT2D eigenvalue weighted by Crippen LogP contribution is 2.42. The van der Waals surface area contributed by atoms with Gasteiger partial charge in [0, 0.05) is 9.11 Å². The fraction of sp³-hybridized carbons (Fsp3) is 0.381. The SMILES string of the molecule is NC1(C2(O)CN(C(=O)c3ccc(F)c(F)c3Nc3ccc(I)cc3F)C2)CCCC1. The van der Waals surface area contributed by atoms with Crippen molar-refractivity contribution in [3.63, 3.8) is 0 Å². The number of anilines is 2. The van der Waals surface area contributed by atoms with Crippen LogP contribution in [0.2, 0.25) is 0 Å². The Kier molecular flexibility index (Phi) is 5.48. The van der Waals surface area contributed by atoms with Crippen LogP contribution in [0.1, 0.15) is 36.0 Å². The predicted octanol–water partition coefficient (Wildman–Crippen LogP) is 3.91. The third kappa shape index (κ3) is 3.56. The van der Waals surface area contributed by atoms with Gasteiger partial charge in [-0.25, -0.2) is 13.2 Å². The molecule has 160 valence electrons. The molecule has 2 aromatic carbocycles. The molecule has 1 saturated heterocycles. The number of carbonyl (C=O) groups is 1. The van der Waals surface area contributed by atoms with Gasteiger partial charge in [-0.3, -0.25) is 4.79 Å². The van der Waals surface area contributed by atoms with Crippen LogP contribution in [0.3, 0.4) is 0 Å². The maximum absolute atomic E-state index is 14.6. The lowest BCUT2D eigenvalue weighted by Gasteiger charge is -2.54. The molecule has 1 heterocycles. The molecule has 0 bridgehead atoms. The van der Waals surface area contributed by atoms with Crippen molar-refractivity contribution in [1.29, 1.82) is 0 Å². The van der Waals surface area contributed by atoms with Gasteiger partial charge in [-0.2, -0.15) is 0 Å². The summed E-state index contributed by atoms with van der Waals surface area (Å²) >= 11 is 1.93. The summed E-state index contributed by atoms with van der Waals surface area (Å²) < 4.78 is 43.3. The average molecular weight is 531 g/mol. The number of benzene rings is 2. The normalized spacial score (nSPS) is 19.5. The van der Waals surface area contributed by atoms with E-state index in [0.717, 1.165) is 25.0 Å². The van der Waals surface area contributed by atoms with Crippen LogP contribution >= 0.6 is 22.6 Å². The molecule has 1 aliphatic carbocycles. The molecular weight excluding hydrogens is 510 g/mol. The minimum atomic E-state index is -1.28. The molecule has 1 amide bonds. The van der Waals surface area contributed by atoms with E-state index in [0.29, 0.717) is 16.4 Å². The zero-order valence-corrected chi connectivity index (χ0v) is 18.2. The molecule has 4 N–H and O–H groups in total. The molecule has 5 nitrogen and oxygen atoms in total. The number of rotatable bonds is 4. The molecule has 0 radical (unpaired) electrons. The lowest BCUT2D eigenvalue weighted by molar-refractivity contribution is -0.128. The summed E-state index contributed by atoms with van der Waals surface area (Å²) in [5, 5.41) is 13.4. The Balaban J connectivity index is 1.60. The Labute approximate surface area is 185 Å². The largest absolute Gasteiger partial charge is 0.384 e. The maximum atomic E-state index is 14.6. The standard InChI is InChI=1S/C21H21F3IN3O2/c22-14-5-4-13(18(17(14)24)27-16-6-3-12(25)9-15(16)23)19(29)28-10-21(30,11-28)20(26)7-1-2-8-20/h3-6,9,27,30H,1-2,7-8,10-11,26H2. The van der Waals surface area contributed by atoms with Crippen molar-refractivity contribution in [1.82, 2.24) is 4.90 Å². The highest BCUT2D eigenvalue weighted by molar-refractivity contribution is 14.1. The number of hydrogen-bond acceptors (Lipinski definition) is 4. The predicted molar refractivity (Wildman–Crippen MR) is 115 cm³/mol. The van der Waals surface area contributed by atoms with Crippen molar-refractivity contribution in [2.45, 2.75) is 36.8 Å². The van der Waals surface area contributed by atoms with E-state index >= 15 is 0 Å². The Morgan fingerprint density at radius 3 is 2.40 bits per heavy atom. The van der Waals surface area contributed by atoms with Crippen LogP contribution in [0.5, 0.6) is 0 Å². The zero-order valence-electron chi connectivity index (χ0n) is 16.0. The molecule has 2 aromatic rings. The molecular formula is C21H21F3IN3O2. The molecule has 1 saturated carbocycles. The summed E-state index contributed by atoms with van der Waals surface area (Å²) in [5.41, 5.74) is 3.73. The fourth-order valence-electron chi connectivity index (χ4n) is 4.26. The van der Waals surface area contributed by atoms with Gasteiger partial charge in [-0.1, -0.05) is 12.8 Å². The number of halogens is 4. The van der Waals surface area contributed by atoms with Gasteiger partial charge >= 0.3 is 0 Å². The van der Waals surface area contributed by atoms with Crippen molar-refractivity contribution in [3.8, 4) is 0 Å². The van der Waals surface area contributed by atoms with E-state index in [-0.39, 0.29) is 24.3 Å². The highest BCUT2D eigenvalue weighted by atomic mass is 127. The van der Waals surface area contributed by atoms with Gasteiger partial charge < -0.3 is 21.1 Å². The topological polar surface area (TPSA) is 78.6 Å². The molecule has 2 aliphatic rings. The summed E-state index contributed by atoms with van der Waals surface area (Å²) in [6, 6.07) is 6.22. The molecule has 0 unspecified atom stereocenters. The number of likely N-dealkylation sites (tertiary alicyclic amines) is 1. The van der Waals surface area contributed by atoms with E-state index < -0.39 is 40.2 Å². The van der Waals surface area contributed by atoms with Crippen LogP contribution in [0.4, 0.5) is 24.5 Å². The third-order valence-corrected chi connectivity index (χ3v) is 6.80. The first kappa shape index (κ1) is 21.4. The summed E-state index contributed by atoms with van der Waals surface area (Å²) in [7, 11) is 0. The Hall–Kier alpha value is -1.85. The summed E-state index contributed by atoms with van der Waals surface area (Å²) in [6.45, 7) is 0.0251. The maximum Gasteiger partial charge on any atom is 0.256 e. The Morgan fingerprint density at radius 2 is 1.77 bits per heavy atom. The molecule has 1 aliphatic heterocycles. The van der Waals surface area contributed by atoms with Gasteiger partial charge in [0.15, 0.2) is 11.6 Å². The fourth-order valence-corrected chi connectivity index (χ4v) is 4.72. The van der Waals surface area contributed by atoms with Crippen LogP contribution in [0, 0.1) is 21.0 Å². The number of hydrogen-bond donors (Lipinski definition) is 3. The van der Waals surface area contributed by atoms with Crippen LogP contribution in [-0.2, 0) is 0 Å². The molecule has 9 heteroatoms. The van der Waals surface area contributed by atoms with Crippen LogP contribution in [0.15, 0.2) is 30.3 Å². The number of nitrogens with two attached hydrogens (primary N) is 1. The first-order chi connectivity index (χ1) is 14.1. The second kappa shape index (κ2) is 7.69. The van der Waals surface area contributed by atoms with Crippen molar-refractivity contribution >= 4 is 39.9 Å². The number of nitrogens with one attached hydrogen (secondary N) is 1. The van der Waals surface area contributed by atoms with Gasteiger partial charge in [0.05, 0.1) is 30.0 Å². The molecule has 30 heavy (non-hydrogen) atoms. The number of nitrogens with zero attached hydrogens (tertiary/aromatic N) is 1. The van der Waals surface area contributed by atoms with Crippen molar-refractivity contribution in [2.24, 2.45) is 5.73 Å². The average Bonchev–Trinajstić information content (AvgIpc) is 3.12. The first-order valence-electron chi connectivity index (χ1n) is 9.64. The number of amides is 1. The lowest BCUT2D eigenvalue weighted by Crippen LogP contribution is -2.76. The lowest BCUT2D eigenvalue weighted by atomic mass is 9.73. The van der Waals surface area contributed by atoms with Gasteiger partial charge in [-0.15, -0.1) is 0 Å². The van der Waals surface area contributed by atoms with Crippen molar-refractivity contribution in [2.75, 3.05) is 18.4 Å². The molecule has 4 rings (SSSR count). The molecule has 0 atom stereocenters. The van der Waals surface area contributed by atoms with Gasteiger partial charge in [0.2, 0.25) is 0 Å². The van der Waals surface area contributed by atoms with E-state index in [1.54, 1.807) is 6.07 Å². The quantitative estimate of drug-likeness (QED) is 0.524. The van der Waals surface area contributed by atoms with Crippen LogP contribution < -0.4 is 11.1 Å². The van der Waals surface area contributed by atoms with Crippen molar-refractivity contribution < 1.29 is 23.1 Å². The second-order valence-corrected chi connectivity index (χ2v) is 9.33. The smallest absolute Gasteiger partial charge is 0.256 e. The Bertz CT molecular complexity index is 1010. The zero-order chi connectivity index (χ0) is 21.7. The van der Waals surface area contributed by atoms with E-state index in [1.807, 2.05) is 22.6 Å². The van der Waals surface area contributed by atoms with Crippen LogP contribution in [0.25, 0.3) is 0 Å². The van der Waals surface area contributed by atoms with E-state index in [4.69, 9.17) is 5.73 Å². The number of β-amino-alcohol motifs (C(OH)–C–C–N with tert-alkyl or cyclic N) is 1. The van der Waals surface area contributed by atoms with Crippen molar-refractivity contribution in [3.05, 3.63) is 56.9 Å². The minimum absolute atomic E-state index is 0.0126. The van der Waals surface area contributed by atoms with Crippen LogP contribution in [-0.4, -0.2) is 40.1 Å². The monoisotopic (exact) mass is 531 g/mol. The van der Waals surface area contributed by atoms with E-state index in [1.165, 1.54) is 17.0 Å². The highest BCUT2D eigenvalue weighted by Gasteiger charge is 2.57. The van der Waals surface area contributed by atoms with Gasteiger partial charge in [-0.05, 0) is 65.8 Å². The Morgan fingerprint density at radius 1 is 1.10 bits per heavy atom. The first-order valence-corrected chi connectivity index (χ1v) is 10.7. The minimum Gasteiger partial charge on any atom is -0.384 e. The molecule has 2 fully saturated rings. The van der Waals surface area contributed by atoms with Gasteiger partial charge in [0.25, 0.3) is 5.91 Å². The second-order valence-electron chi connectivity index (χ2n) is 8.09. The van der Waals surface area contributed by atoms with E-state index in [2.05, 4.69) is 5.32 Å². The third-order valence-electron chi connectivity index (χ3n) is 6.13. The summed E-state index contributed by atoms with van der Waals surface area (Å²) in [6.07, 6.45) is 3.20. The molecule has 0 aromatic heterocycles. The number of carbonyl (C=O) groups excluding carboxylic acids is 1. The summed E-state index contributed by atoms with van der Waals surface area (Å²) in [4.78, 5) is 14.3. The summed E-state index contributed by atoms with van der Waals surface area (Å²) in [5.74, 6) is -3.69. The van der Waals surface area contributed by atoms with E-state index in [9.17, 15) is 23.1 Å². The van der Waals surface area contributed by atoms with Gasteiger partial charge in [0.1, 0.15) is 11.4 Å². The molecule has 0 spiro atoms.